The number of hydrogen-bond donors (Lipinski definition) is 1. The first-order valence-corrected chi connectivity index (χ1v) is 12.3. The number of anilines is 2. The summed E-state index contributed by atoms with van der Waals surface area (Å²) < 4.78 is 49.2. The van der Waals surface area contributed by atoms with Crippen LogP contribution in [0.4, 0.5) is 24.1 Å². The first kappa shape index (κ1) is 22.1. The highest BCUT2D eigenvalue weighted by molar-refractivity contribution is 7.10. The number of aryl methyl sites for hydroxylation is 1. The predicted molar refractivity (Wildman–Crippen MR) is 128 cm³/mol. The molecule has 1 aliphatic carbocycles. The number of benzene rings is 1. The molecule has 3 aromatic heterocycles. The number of ether oxygens (including phenoxy) is 1. The SMILES string of the molecule is Cc1cc(N2C[C@H]3CC[C@@H](C2)C3Nc2nc3c(-c4ccccc4OC(F)(F)F)cccn3n2)sn1. The Morgan fingerprint density at radius 2 is 1.80 bits per heavy atom. The molecule has 1 aromatic carbocycles. The van der Waals surface area contributed by atoms with E-state index in [0.717, 1.165) is 31.6 Å². The van der Waals surface area contributed by atoms with Gasteiger partial charge in [0.25, 0.3) is 0 Å². The lowest BCUT2D eigenvalue weighted by molar-refractivity contribution is -0.274. The number of piperidine rings is 1. The van der Waals surface area contributed by atoms with E-state index in [4.69, 9.17) is 0 Å². The molecule has 2 bridgehead atoms. The fraction of sp³-hybridized carbons (Fsp3) is 0.375. The second-order valence-electron chi connectivity index (χ2n) is 9.15. The lowest BCUT2D eigenvalue weighted by Gasteiger charge is -2.38. The summed E-state index contributed by atoms with van der Waals surface area (Å²) in [6.45, 7) is 3.92. The summed E-state index contributed by atoms with van der Waals surface area (Å²) in [7, 11) is 0. The summed E-state index contributed by atoms with van der Waals surface area (Å²) in [5.74, 6) is 1.14. The molecule has 35 heavy (non-hydrogen) atoms. The predicted octanol–water partition coefficient (Wildman–Crippen LogP) is 5.39. The van der Waals surface area contributed by atoms with Crippen LogP contribution < -0.4 is 15.0 Å². The molecule has 7 nitrogen and oxygen atoms in total. The van der Waals surface area contributed by atoms with Crippen LogP contribution in [0.1, 0.15) is 18.5 Å². The van der Waals surface area contributed by atoms with Crippen LogP contribution in [0.3, 0.4) is 0 Å². The maximum absolute atomic E-state index is 13.0. The Balaban J connectivity index is 1.27. The third kappa shape index (κ3) is 4.29. The second kappa shape index (κ2) is 8.40. The van der Waals surface area contributed by atoms with E-state index in [1.54, 1.807) is 46.5 Å². The van der Waals surface area contributed by atoms with Crippen LogP contribution in [0, 0.1) is 18.8 Å². The number of nitrogens with zero attached hydrogens (tertiary/aromatic N) is 5. The number of aromatic nitrogens is 4. The van der Waals surface area contributed by atoms with Gasteiger partial charge in [0.1, 0.15) is 10.8 Å². The van der Waals surface area contributed by atoms with Gasteiger partial charge in [0, 0.05) is 36.5 Å². The molecule has 1 saturated heterocycles. The molecular formula is C24H23F3N6OS. The van der Waals surface area contributed by atoms with Crippen molar-refractivity contribution in [1.82, 2.24) is 19.0 Å². The van der Waals surface area contributed by atoms with E-state index in [0.29, 0.717) is 34.6 Å². The highest BCUT2D eigenvalue weighted by atomic mass is 32.1. The second-order valence-corrected chi connectivity index (χ2v) is 9.93. The van der Waals surface area contributed by atoms with E-state index in [-0.39, 0.29) is 11.8 Å². The number of para-hydroxylation sites is 1. The molecule has 2 fully saturated rings. The normalized spacial score (nSPS) is 22.1. The van der Waals surface area contributed by atoms with Crippen LogP contribution in [0.15, 0.2) is 48.7 Å². The van der Waals surface area contributed by atoms with Crippen LogP contribution in [0.5, 0.6) is 5.75 Å². The van der Waals surface area contributed by atoms with Crippen molar-refractivity contribution >= 4 is 28.1 Å². The Bertz CT molecular complexity index is 1350. The third-order valence-corrected chi connectivity index (χ3v) is 7.76. The highest BCUT2D eigenvalue weighted by Gasteiger charge is 2.43. The summed E-state index contributed by atoms with van der Waals surface area (Å²) in [4.78, 5) is 7.11. The molecular weight excluding hydrogens is 477 g/mol. The van der Waals surface area contributed by atoms with Crippen molar-refractivity contribution in [2.24, 2.45) is 11.8 Å². The smallest absolute Gasteiger partial charge is 0.405 e. The summed E-state index contributed by atoms with van der Waals surface area (Å²) in [5.41, 5.74) is 2.34. The molecule has 4 heterocycles. The van der Waals surface area contributed by atoms with Gasteiger partial charge in [-0.2, -0.15) is 9.36 Å². The Morgan fingerprint density at radius 1 is 1.06 bits per heavy atom. The van der Waals surface area contributed by atoms with Gasteiger partial charge in [-0.05, 0) is 67.4 Å². The van der Waals surface area contributed by atoms with E-state index in [1.807, 2.05) is 6.92 Å². The van der Waals surface area contributed by atoms with E-state index in [9.17, 15) is 13.2 Å². The van der Waals surface area contributed by atoms with Gasteiger partial charge in [-0.3, -0.25) is 0 Å². The van der Waals surface area contributed by atoms with Gasteiger partial charge in [0.15, 0.2) is 5.65 Å². The number of halogens is 3. The van der Waals surface area contributed by atoms with Gasteiger partial charge in [-0.15, -0.1) is 18.3 Å². The minimum atomic E-state index is -4.78. The Labute approximate surface area is 203 Å². The molecule has 1 saturated carbocycles. The fourth-order valence-corrected chi connectivity index (χ4v) is 6.14. The molecule has 6 rings (SSSR count). The highest BCUT2D eigenvalue weighted by Crippen LogP contribution is 2.41. The monoisotopic (exact) mass is 500 g/mol. The summed E-state index contributed by atoms with van der Waals surface area (Å²) >= 11 is 1.55. The molecule has 3 atom stereocenters. The first-order chi connectivity index (χ1) is 16.8. The molecule has 1 aliphatic heterocycles. The fourth-order valence-electron chi connectivity index (χ4n) is 5.37. The van der Waals surface area contributed by atoms with Crippen molar-refractivity contribution in [3.63, 3.8) is 0 Å². The number of nitrogens with one attached hydrogen (secondary N) is 1. The van der Waals surface area contributed by atoms with Crippen molar-refractivity contribution < 1.29 is 17.9 Å². The number of pyridine rings is 1. The molecule has 11 heteroatoms. The van der Waals surface area contributed by atoms with E-state index < -0.39 is 6.36 Å². The van der Waals surface area contributed by atoms with Gasteiger partial charge in [-0.1, -0.05) is 18.2 Å². The van der Waals surface area contributed by atoms with Gasteiger partial charge in [0.05, 0.1) is 5.69 Å². The van der Waals surface area contributed by atoms with Crippen LogP contribution in [-0.2, 0) is 0 Å². The third-order valence-electron chi connectivity index (χ3n) is 6.82. The largest absolute Gasteiger partial charge is 0.573 e. The molecule has 1 unspecified atom stereocenters. The van der Waals surface area contributed by atoms with Crippen molar-refractivity contribution in [3.8, 4) is 16.9 Å². The average Bonchev–Trinajstić information content (AvgIpc) is 3.48. The maximum atomic E-state index is 13.0. The lowest BCUT2D eigenvalue weighted by atomic mass is 9.92. The van der Waals surface area contributed by atoms with Crippen molar-refractivity contribution in [2.75, 3.05) is 23.3 Å². The van der Waals surface area contributed by atoms with Crippen molar-refractivity contribution in [3.05, 3.63) is 54.4 Å². The summed E-state index contributed by atoms with van der Waals surface area (Å²) in [5, 5.41) is 9.35. The number of fused-ring (bicyclic) bond motifs is 3. The summed E-state index contributed by atoms with van der Waals surface area (Å²) in [6, 6.07) is 11.9. The van der Waals surface area contributed by atoms with E-state index in [2.05, 4.69) is 35.5 Å². The van der Waals surface area contributed by atoms with E-state index in [1.165, 1.54) is 17.1 Å². The molecule has 1 N–H and O–H groups in total. The zero-order chi connectivity index (χ0) is 24.2. The number of hydrogen-bond acceptors (Lipinski definition) is 7. The van der Waals surface area contributed by atoms with E-state index >= 15 is 0 Å². The molecule has 0 amide bonds. The Kier molecular flexibility index (Phi) is 5.32. The zero-order valence-corrected chi connectivity index (χ0v) is 19.7. The van der Waals surface area contributed by atoms with Gasteiger partial charge >= 0.3 is 6.36 Å². The molecule has 4 aromatic rings. The van der Waals surface area contributed by atoms with Gasteiger partial charge in [0.2, 0.25) is 5.95 Å². The van der Waals surface area contributed by atoms with Crippen LogP contribution in [0.25, 0.3) is 16.8 Å². The Hall–Kier alpha value is -3.34. The molecule has 0 spiro atoms. The molecule has 182 valence electrons. The minimum Gasteiger partial charge on any atom is -0.405 e. The van der Waals surface area contributed by atoms with Gasteiger partial charge in [-0.25, -0.2) is 4.52 Å². The zero-order valence-electron chi connectivity index (χ0n) is 18.9. The quantitative estimate of drug-likeness (QED) is 0.397. The van der Waals surface area contributed by atoms with Crippen molar-refractivity contribution in [1.29, 1.82) is 0 Å². The maximum Gasteiger partial charge on any atom is 0.573 e. The summed E-state index contributed by atoms with van der Waals surface area (Å²) in [6.07, 6.45) is -0.768. The average molecular weight is 501 g/mol. The van der Waals surface area contributed by atoms with Crippen LogP contribution in [-0.4, -0.2) is 44.5 Å². The number of alkyl halides is 3. The number of rotatable bonds is 5. The lowest BCUT2D eigenvalue weighted by Crippen LogP contribution is -2.48. The van der Waals surface area contributed by atoms with Crippen molar-refractivity contribution in [2.45, 2.75) is 32.2 Å². The Morgan fingerprint density at radius 3 is 2.51 bits per heavy atom. The topological polar surface area (TPSA) is 67.6 Å². The first-order valence-electron chi connectivity index (χ1n) is 11.5. The minimum absolute atomic E-state index is 0.252. The standard InChI is InChI=1S/C24H23F3N6OS/c1-14-11-20(35-31-14)32-12-15-8-9-16(13-32)21(15)28-23-29-22-18(6-4-10-33(22)30-23)17-5-2-3-7-19(17)34-24(25,26)27/h2-7,10-11,15-16,21H,8-9,12-13H2,1H3,(H,28,30)/t15-,16+,21?. The molecule has 2 aliphatic rings. The van der Waals surface area contributed by atoms with Gasteiger partial charge < -0.3 is 15.0 Å². The molecule has 0 radical (unpaired) electrons. The van der Waals surface area contributed by atoms with Crippen LogP contribution in [0.2, 0.25) is 0 Å². The van der Waals surface area contributed by atoms with Crippen LogP contribution >= 0.6 is 11.5 Å².